The maximum Gasteiger partial charge on any atom is 0.219 e. The predicted octanol–water partition coefficient (Wildman–Crippen LogP) is 3.50. The fraction of sp³-hybridized carbons (Fsp3) is 0.286. The number of carbonyl (C=O) groups excluding carboxylic acids is 1. The molecule has 0 amide bonds. The van der Waals surface area contributed by atoms with Crippen LogP contribution in [0, 0.1) is 5.82 Å². The van der Waals surface area contributed by atoms with E-state index in [1.807, 2.05) is 13.8 Å². The van der Waals surface area contributed by atoms with E-state index in [2.05, 4.69) is 5.10 Å². The summed E-state index contributed by atoms with van der Waals surface area (Å²) in [4.78, 5) is 12.6. The molecular formula is C14H14ClFN2O2. The van der Waals surface area contributed by atoms with Crippen LogP contribution >= 0.6 is 11.6 Å². The summed E-state index contributed by atoms with van der Waals surface area (Å²) >= 11 is 5.94. The molecule has 0 saturated carbocycles. The fourth-order valence-corrected chi connectivity index (χ4v) is 2.19. The number of ketones is 1. The van der Waals surface area contributed by atoms with E-state index in [1.165, 1.54) is 36.2 Å². The van der Waals surface area contributed by atoms with E-state index in [0.717, 1.165) is 0 Å². The lowest BCUT2D eigenvalue weighted by molar-refractivity contribution is 0.102. The monoisotopic (exact) mass is 296 g/mol. The SMILES string of the molecule is COc1cnn(C(C)C)c1C(=O)c1c(F)cccc1Cl. The van der Waals surface area contributed by atoms with Crippen molar-refractivity contribution in [2.45, 2.75) is 19.9 Å². The van der Waals surface area contributed by atoms with Crippen LogP contribution in [-0.2, 0) is 0 Å². The van der Waals surface area contributed by atoms with Gasteiger partial charge >= 0.3 is 0 Å². The first-order chi connectivity index (χ1) is 9.47. The lowest BCUT2D eigenvalue weighted by atomic mass is 10.1. The molecule has 6 heteroatoms. The minimum Gasteiger partial charge on any atom is -0.493 e. The van der Waals surface area contributed by atoms with Crippen LogP contribution in [0.1, 0.15) is 35.9 Å². The molecule has 4 nitrogen and oxygen atoms in total. The molecule has 0 bridgehead atoms. The molecule has 106 valence electrons. The maximum atomic E-state index is 13.9. The molecule has 0 radical (unpaired) electrons. The average Bonchev–Trinajstić information content (AvgIpc) is 2.82. The van der Waals surface area contributed by atoms with Crippen LogP contribution in [0.4, 0.5) is 4.39 Å². The first-order valence-corrected chi connectivity index (χ1v) is 6.45. The molecular weight excluding hydrogens is 283 g/mol. The number of hydrogen-bond donors (Lipinski definition) is 0. The molecule has 0 atom stereocenters. The van der Waals surface area contributed by atoms with Crippen LogP contribution in [0.15, 0.2) is 24.4 Å². The summed E-state index contributed by atoms with van der Waals surface area (Å²) in [5, 5.41) is 4.16. The van der Waals surface area contributed by atoms with Gasteiger partial charge in [-0.15, -0.1) is 0 Å². The van der Waals surface area contributed by atoms with Gasteiger partial charge in [-0.1, -0.05) is 17.7 Å². The van der Waals surface area contributed by atoms with Crippen LogP contribution in [-0.4, -0.2) is 22.7 Å². The molecule has 1 aromatic heterocycles. The van der Waals surface area contributed by atoms with Crippen LogP contribution in [0.25, 0.3) is 0 Å². The van der Waals surface area contributed by atoms with Crippen LogP contribution in [0.5, 0.6) is 5.75 Å². The molecule has 0 N–H and O–H groups in total. The summed E-state index contributed by atoms with van der Waals surface area (Å²) in [5.41, 5.74) is 0.0179. The molecule has 2 aromatic rings. The molecule has 1 heterocycles. The highest BCUT2D eigenvalue weighted by atomic mass is 35.5. The van der Waals surface area contributed by atoms with E-state index in [4.69, 9.17) is 16.3 Å². The Morgan fingerprint density at radius 2 is 2.15 bits per heavy atom. The third kappa shape index (κ3) is 2.41. The molecule has 0 unspecified atom stereocenters. The van der Waals surface area contributed by atoms with Crippen molar-refractivity contribution in [3.8, 4) is 5.75 Å². The van der Waals surface area contributed by atoms with E-state index in [-0.39, 0.29) is 22.3 Å². The van der Waals surface area contributed by atoms with Crippen LogP contribution in [0.2, 0.25) is 5.02 Å². The van der Waals surface area contributed by atoms with Crippen molar-refractivity contribution in [3.63, 3.8) is 0 Å². The number of hydrogen-bond acceptors (Lipinski definition) is 3. The number of methoxy groups -OCH3 is 1. The van der Waals surface area contributed by atoms with Gasteiger partial charge in [0, 0.05) is 6.04 Å². The second kappa shape index (κ2) is 5.63. The zero-order valence-corrected chi connectivity index (χ0v) is 12.1. The fourth-order valence-electron chi connectivity index (χ4n) is 1.94. The summed E-state index contributed by atoms with van der Waals surface area (Å²) < 4.78 is 20.5. The summed E-state index contributed by atoms with van der Waals surface area (Å²) in [5.74, 6) is -0.916. The number of aromatic nitrogens is 2. The number of benzene rings is 1. The van der Waals surface area contributed by atoms with E-state index >= 15 is 0 Å². The molecule has 0 aliphatic rings. The van der Waals surface area contributed by atoms with Crippen molar-refractivity contribution in [3.05, 3.63) is 46.5 Å². The maximum absolute atomic E-state index is 13.9. The lowest BCUT2D eigenvalue weighted by Crippen LogP contribution is -2.15. The Bertz CT molecular complexity index is 632. The van der Waals surface area contributed by atoms with Crippen molar-refractivity contribution in [2.75, 3.05) is 7.11 Å². The van der Waals surface area contributed by atoms with E-state index in [9.17, 15) is 9.18 Å². The number of halogens is 2. The van der Waals surface area contributed by atoms with Gasteiger partial charge in [0.15, 0.2) is 11.4 Å². The molecule has 20 heavy (non-hydrogen) atoms. The standard InChI is InChI=1S/C14H14ClFN2O2/c1-8(2)18-13(11(20-3)7-17-18)14(19)12-9(15)5-4-6-10(12)16/h4-8H,1-3H3. The lowest BCUT2D eigenvalue weighted by Gasteiger charge is -2.12. The minimum absolute atomic E-state index is 0.0635. The normalized spacial score (nSPS) is 10.9. The Labute approximate surface area is 121 Å². The highest BCUT2D eigenvalue weighted by Crippen LogP contribution is 2.28. The van der Waals surface area contributed by atoms with E-state index in [1.54, 1.807) is 0 Å². The average molecular weight is 297 g/mol. The third-order valence-corrected chi connectivity index (χ3v) is 3.19. The van der Waals surface area contributed by atoms with Gasteiger partial charge in [0.1, 0.15) is 5.82 Å². The van der Waals surface area contributed by atoms with Gasteiger partial charge in [0.05, 0.1) is 23.9 Å². The second-order valence-corrected chi connectivity index (χ2v) is 4.93. The summed E-state index contributed by atoms with van der Waals surface area (Å²) in [6.45, 7) is 3.73. The minimum atomic E-state index is -0.666. The van der Waals surface area contributed by atoms with E-state index in [0.29, 0.717) is 5.75 Å². The molecule has 2 rings (SSSR count). The first kappa shape index (κ1) is 14.5. The third-order valence-electron chi connectivity index (χ3n) is 2.88. The van der Waals surface area contributed by atoms with Crippen molar-refractivity contribution in [1.29, 1.82) is 0 Å². The number of rotatable bonds is 4. The summed E-state index contributed by atoms with van der Waals surface area (Å²) in [6, 6.07) is 4.05. The smallest absolute Gasteiger partial charge is 0.219 e. The van der Waals surface area contributed by atoms with Gasteiger partial charge in [-0.3, -0.25) is 9.48 Å². The van der Waals surface area contributed by atoms with Crippen molar-refractivity contribution in [1.82, 2.24) is 9.78 Å². The van der Waals surface area contributed by atoms with Crippen molar-refractivity contribution in [2.24, 2.45) is 0 Å². The number of ether oxygens (including phenoxy) is 1. The molecule has 1 aromatic carbocycles. The van der Waals surface area contributed by atoms with E-state index < -0.39 is 11.6 Å². The number of nitrogens with zero attached hydrogens (tertiary/aromatic N) is 2. The topological polar surface area (TPSA) is 44.1 Å². The van der Waals surface area contributed by atoms with Crippen LogP contribution < -0.4 is 4.74 Å². The van der Waals surface area contributed by atoms with Gasteiger partial charge in [-0.25, -0.2) is 4.39 Å². The molecule has 0 saturated heterocycles. The Morgan fingerprint density at radius 3 is 2.70 bits per heavy atom. The van der Waals surface area contributed by atoms with Gasteiger partial charge < -0.3 is 4.74 Å². The van der Waals surface area contributed by atoms with Gasteiger partial charge in [-0.2, -0.15) is 5.10 Å². The highest BCUT2D eigenvalue weighted by Gasteiger charge is 2.26. The highest BCUT2D eigenvalue weighted by molar-refractivity contribution is 6.35. The molecule has 0 aliphatic heterocycles. The van der Waals surface area contributed by atoms with Gasteiger partial charge in [0.25, 0.3) is 0 Å². The summed E-state index contributed by atoms with van der Waals surface area (Å²) in [7, 11) is 1.43. The Morgan fingerprint density at radius 1 is 1.45 bits per heavy atom. The van der Waals surface area contributed by atoms with Crippen molar-refractivity contribution < 1.29 is 13.9 Å². The van der Waals surface area contributed by atoms with Crippen molar-refractivity contribution >= 4 is 17.4 Å². The Kier molecular flexibility index (Phi) is 4.09. The molecule has 0 aliphatic carbocycles. The first-order valence-electron chi connectivity index (χ1n) is 6.07. The van der Waals surface area contributed by atoms with Gasteiger partial charge in [0.2, 0.25) is 5.78 Å². The predicted molar refractivity (Wildman–Crippen MR) is 74.0 cm³/mol. The Balaban J connectivity index is 2.62. The Hall–Kier alpha value is -1.88. The van der Waals surface area contributed by atoms with Crippen LogP contribution in [0.3, 0.4) is 0 Å². The molecule has 0 spiro atoms. The second-order valence-electron chi connectivity index (χ2n) is 4.53. The molecule has 0 fully saturated rings. The zero-order valence-electron chi connectivity index (χ0n) is 11.4. The van der Waals surface area contributed by atoms with Gasteiger partial charge in [-0.05, 0) is 26.0 Å². The summed E-state index contributed by atoms with van der Waals surface area (Å²) in [6.07, 6.45) is 1.43. The number of carbonyl (C=O) groups is 1. The largest absolute Gasteiger partial charge is 0.493 e. The zero-order chi connectivity index (χ0) is 14.9. The quantitative estimate of drug-likeness (QED) is 0.811.